The highest BCUT2D eigenvalue weighted by molar-refractivity contribution is 5.94. The van der Waals surface area contributed by atoms with E-state index in [0.29, 0.717) is 36.3 Å². The molecule has 0 aliphatic heterocycles. The summed E-state index contributed by atoms with van der Waals surface area (Å²) >= 11 is 0. The van der Waals surface area contributed by atoms with Gasteiger partial charge < -0.3 is 14.8 Å². The maximum atomic E-state index is 12.3. The molecular formula is C29H30N2O3. The second-order valence-corrected chi connectivity index (χ2v) is 8.93. The summed E-state index contributed by atoms with van der Waals surface area (Å²) in [6.45, 7) is 8.24. The first-order valence-electron chi connectivity index (χ1n) is 11.6. The number of amides is 1. The van der Waals surface area contributed by atoms with Crippen molar-refractivity contribution in [1.82, 2.24) is 10.3 Å². The van der Waals surface area contributed by atoms with E-state index < -0.39 is 0 Å². The van der Waals surface area contributed by atoms with Gasteiger partial charge in [0.15, 0.2) is 5.58 Å². The van der Waals surface area contributed by atoms with E-state index in [1.165, 1.54) is 11.1 Å². The predicted molar refractivity (Wildman–Crippen MR) is 136 cm³/mol. The Labute approximate surface area is 200 Å². The molecule has 2 N–H and O–H groups in total. The van der Waals surface area contributed by atoms with Gasteiger partial charge in [-0.25, -0.2) is 4.98 Å². The Morgan fingerprint density at radius 3 is 2.38 bits per heavy atom. The molecular weight excluding hydrogens is 424 g/mol. The molecule has 5 nitrogen and oxygen atoms in total. The molecule has 0 aliphatic rings. The molecule has 0 saturated carbocycles. The van der Waals surface area contributed by atoms with Crippen molar-refractivity contribution in [3.63, 3.8) is 0 Å². The van der Waals surface area contributed by atoms with Gasteiger partial charge in [0.05, 0.1) is 5.76 Å². The minimum Gasteiger partial charge on any atom is -0.513 e. The van der Waals surface area contributed by atoms with Crippen molar-refractivity contribution in [1.29, 1.82) is 0 Å². The van der Waals surface area contributed by atoms with Crippen LogP contribution >= 0.6 is 0 Å². The fourth-order valence-electron chi connectivity index (χ4n) is 4.08. The molecule has 4 aromatic rings. The van der Waals surface area contributed by atoms with Gasteiger partial charge in [-0.15, -0.1) is 0 Å². The molecule has 0 spiro atoms. The van der Waals surface area contributed by atoms with Crippen LogP contribution in [0.1, 0.15) is 47.7 Å². The molecule has 1 unspecified atom stereocenters. The number of aliphatic hydroxyl groups excluding tert-OH is 1. The summed E-state index contributed by atoms with van der Waals surface area (Å²) in [5.41, 5.74) is 5.66. The molecule has 1 aromatic heterocycles. The first-order chi connectivity index (χ1) is 16.4. The van der Waals surface area contributed by atoms with Gasteiger partial charge in [0, 0.05) is 24.1 Å². The van der Waals surface area contributed by atoms with Gasteiger partial charge in [-0.05, 0) is 65.8 Å². The number of hydrogen-bond acceptors (Lipinski definition) is 4. The van der Waals surface area contributed by atoms with Crippen molar-refractivity contribution in [3.05, 3.63) is 102 Å². The number of hydrogen-bond donors (Lipinski definition) is 2. The number of carbonyl (C=O) groups is 1. The van der Waals surface area contributed by atoms with Crippen LogP contribution in [0.3, 0.4) is 0 Å². The number of para-hydroxylation sites is 2. The van der Waals surface area contributed by atoms with Crippen molar-refractivity contribution >= 4 is 17.0 Å². The van der Waals surface area contributed by atoms with E-state index in [-0.39, 0.29) is 11.7 Å². The van der Waals surface area contributed by atoms with E-state index in [9.17, 15) is 4.79 Å². The smallest absolute Gasteiger partial charge is 0.251 e. The third-order valence-corrected chi connectivity index (χ3v) is 6.06. The van der Waals surface area contributed by atoms with E-state index in [4.69, 9.17) is 9.52 Å². The monoisotopic (exact) mass is 454 g/mol. The Balaban J connectivity index is 1.44. The van der Waals surface area contributed by atoms with Gasteiger partial charge in [0.2, 0.25) is 5.89 Å². The first kappa shape index (κ1) is 23.3. The molecule has 1 atom stereocenters. The quantitative estimate of drug-likeness (QED) is 0.277. The summed E-state index contributed by atoms with van der Waals surface area (Å²) in [6.07, 6.45) is 1.25. The minimum absolute atomic E-state index is 0.0670. The van der Waals surface area contributed by atoms with E-state index in [0.717, 1.165) is 23.1 Å². The number of nitrogens with one attached hydrogen (secondary N) is 1. The number of rotatable bonds is 9. The Bertz CT molecular complexity index is 1240. The molecule has 1 heterocycles. The molecule has 0 bridgehead atoms. The van der Waals surface area contributed by atoms with Gasteiger partial charge >= 0.3 is 0 Å². The highest BCUT2D eigenvalue weighted by Crippen LogP contribution is 2.30. The maximum absolute atomic E-state index is 12.3. The van der Waals surface area contributed by atoms with Crippen LogP contribution in [0.25, 0.3) is 22.6 Å². The lowest BCUT2D eigenvalue weighted by Crippen LogP contribution is -2.24. The van der Waals surface area contributed by atoms with Crippen LogP contribution in [0, 0.1) is 5.92 Å². The molecule has 3 aromatic carbocycles. The average molecular weight is 455 g/mol. The number of aromatic nitrogens is 1. The standard InChI is InChI=1S/C29H30N2O3/c1-19(2)25(22-12-14-23(15-13-22)28(33)30-17-16-20(3)32)18-21-8-10-24(11-9-21)29-31-26-6-4-5-7-27(26)34-29/h4-15,19,25,32H,3,16-18H2,1-2H3,(H,30,33). The predicted octanol–water partition coefficient (Wildman–Crippen LogP) is 6.67. The summed E-state index contributed by atoms with van der Waals surface area (Å²) in [5.74, 6) is 1.31. The summed E-state index contributed by atoms with van der Waals surface area (Å²) in [5, 5.41) is 12.0. The van der Waals surface area contributed by atoms with Gasteiger partial charge in [-0.1, -0.05) is 56.8 Å². The topological polar surface area (TPSA) is 75.4 Å². The van der Waals surface area contributed by atoms with Crippen LogP contribution in [0.2, 0.25) is 0 Å². The van der Waals surface area contributed by atoms with Crippen LogP contribution in [0.5, 0.6) is 0 Å². The molecule has 34 heavy (non-hydrogen) atoms. The summed E-state index contributed by atoms with van der Waals surface area (Å²) in [4.78, 5) is 16.9. The minimum atomic E-state index is -0.149. The van der Waals surface area contributed by atoms with Crippen LogP contribution < -0.4 is 5.32 Å². The van der Waals surface area contributed by atoms with Crippen molar-refractivity contribution in [2.24, 2.45) is 5.92 Å². The average Bonchev–Trinajstić information content (AvgIpc) is 3.27. The van der Waals surface area contributed by atoms with E-state index in [1.54, 1.807) is 0 Å². The summed E-state index contributed by atoms with van der Waals surface area (Å²) in [7, 11) is 0. The summed E-state index contributed by atoms with van der Waals surface area (Å²) in [6, 6.07) is 24.0. The molecule has 5 heteroatoms. The van der Waals surface area contributed by atoms with Gasteiger partial charge in [0.25, 0.3) is 5.91 Å². The van der Waals surface area contributed by atoms with E-state index in [1.807, 2.05) is 48.5 Å². The number of fused-ring (bicyclic) bond motifs is 1. The fourth-order valence-corrected chi connectivity index (χ4v) is 4.08. The van der Waals surface area contributed by atoms with Gasteiger partial charge in [-0.3, -0.25) is 4.79 Å². The lowest BCUT2D eigenvalue weighted by Gasteiger charge is -2.22. The Morgan fingerprint density at radius 1 is 1.03 bits per heavy atom. The fraction of sp³-hybridized carbons (Fsp3) is 0.241. The zero-order valence-electron chi connectivity index (χ0n) is 19.6. The molecule has 4 rings (SSSR count). The lowest BCUT2D eigenvalue weighted by molar-refractivity contribution is 0.0953. The third kappa shape index (κ3) is 5.54. The maximum Gasteiger partial charge on any atom is 0.251 e. The number of benzene rings is 3. The molecule has 0 aliphatic carbocycles. The zero-order valence-corrected chi connectivity index (χ0v) is 19.6. The second kappa shape index (κ2) is 10.4. The number of oxazole rings is 1. The zero-order chi connectivity index (χ0) is 24.1. The molecule has 0 saturated heterocycles. The third-order valence-electron chi connectivity index (χ3n) is 6.06. The van der Waals surface area contributed by atoms with Crippen LogP contribution in [0.4, 0.5) is 0 Å². The van der Waals surface area contributed by atoms with Crippen LogP contribution in [-0.2, 0) is 6.42 Å². The number of aliphatic hydroxyl groups is 1. The Kier molecular flexibility index (Phi) is 7.12. The normalized spacial score (nSPS) is 12.1. The van der Waals surface area contributed by atoms with Crippen LogP contribution in [0.15, 0.2) is 89.6 Å². The van der Waals surface area contributed by atoms with Crippen molar-refractivity contribution in [2.75, 3.05) is 6.54 Å². The molecule has 0 fully saturated rings. The summed E-state index contributed by atoms with van der Waals surface area (Å²) < 4.78 is 5.89. The van der Waals surface area contributed by atoms with Crippen molar-refractivity contribution < 1.29 is 14.3 Å². The number of nitrogens with zero attached hydrogens (tertiary/aromatic N) is 1. The highest BCUT2D eigenvalue weighted by atomic mass is 16.3. The Hall–Kier alpha value is -3.86. The second-order valence-electron chi connectivity index (χ2n) is 8.93. The van der Waals surface area contributed by atoms with E-state index >= 15 is 0 Å². The molecule has 1 amide bonds. The van der Waals surface area contributed by atoms with E-state index in [2.05, 4.69) is 55.0 Å². The number of carbonyl (C=O) groups excluding carboxylic acids is 1. The van der Waals surface area contributed by atoms with Gasteiger partial charge in [-0.2, -0.15) is 0 Å². The highest BCUT2D eigenvalue weighted by Gasteiger charge is 2.18. The van der Waals surface area contributed by atoms with Crippen LogP contribution in [-0.4, -0.2) is 22.5 Å². The van der Waals surface area contributed by atoms with Gasteiger partial charge in [0.1, 0.15) is 5.52 Å². The molecule has 0 radical (unpaired) electrons. The first-order valence-corrected chi connectivity index (χ1v) is 11.6. The molecule has 174 valence electrons. The largest absolute Gasteiger partial charge is 0.513 e. The lowest BCUT2D eigenvalue weighted by atomic mass is 9.83. The SMILES string of the molecule is C=C(O)CCNC(=O)c1ccc(C(Cc2ccc(-c3nc4ccccc4o3)cc2)C(C)C)cc1. The van der Waals surface area contributed by atoms with Crippen molar-refractivity contribution in [3.8, 4) is 11.5 Å². The Morgan fingerprint density at radius 2 is 1.74 bits per heavy atom. The van der Waals surface area contributed by atoms with Crippen molar-refractivity contribution in [2.45, 2.75) is 32.6 Å².